The molecule has 1 N–H and O–H groups in total. The third-order valence-electron chi connectivity index (χ3n) is 5.91. The number of nitrogens with one attached hydrogen (secondary N) is 1. The first-order chi connectivity index (χ1) is 13.7. The van der Waals surface area contributed by atoms with E-state index in [1.54, 1.807) is 0 Å². The van der Waals surface area contributed by atoms with E-state index in [1.807, 2.05) is 31.2 Å². The van der Waals surface area contributed by atoms with Crippen LogP contribution in [0.25, 0.3) is 0 Å². The molecule has 1 saturated carbocycles. The highest BCUT2D eigenvalue weighted by molar-refractivity contribution is 6.00. The van der Waals surface area contributed by atoms with Crippen LogP contribution in [0.15, 0.2) is 35.9 Å². The van der Waals surface area contributed by atoms with Gasteiger partial charge in [0.25, 0.3) is 0 Å². The second-order valence-electron chi connectivity index (χ2n) is 7.27. The van der Waals surface area contributed by atoms with Gasteiger partial charge < -0.3 is 5.41 Å². The number of nitrogens with zero attached hydrogens (tertiary/aromatic N) is 4. The summed E-state index contributed by atoms with van der Waals surface area (Å²) < 4.78 is 38.9. The first-order valence-electron chi connectivity index (χ1n) is 9.14. The highest BCUT2D eigenvalue weighted by atomic mass is 19.4. The van der Waals surface area contributed by atoms with Crippen LogP contribution in [0.4, 0.5) is 13.2 Å². The number of alkyl halides is 3. The molecule has 0 aromatic heterocycles. The van der Waals surface area contributed by atoms with E-state index in [9.17, 15) is 29.0 Å². The van der Waals surface area contributed by atoms with Crippen molar-refractivity contribution in [2.45, 2.75) is 19.0 Å². The van der Waals surface area contributed by atoms with Crippen LogP contribution in [-0.4, -0.2) is 30.2 Å². The van der Waals surface area contributed by atoms with Crippen molar-refractivity contribution in [1.29, 1.82) is 21.2 Å². The zero-order valence-corrected chi connectivity index (χ0v) is 15.7. The molecule has 29 heavy (non-hydrogen) atoms. The molecule has 1 unspecified atom stereocenters. The summed E-state index contributed by atoms with van der Waals surface area (Å²) in [4.78, 5) is 2.08. The maximum absolute atomic E-state index is 13.0. The summed E-state index contributed by atoms with van der Waals surface area (Å²) in [6, 6.07) is 10.3. The lowest BCUT2D eigenvalue weighted by molar-refractivity contribution is -0.137. The Kier molecular flexibility index (Phi) is 5.22. The molecule has 2 aliphatic rings. The predicted molar refractivity (Wildman–Crippen MR) is 98.4 cm³/mol. The number of benzene rings is 1. The smallest absolute Gasteiger partial charge is 0.305 e. The van der Waals surface area contributed by atoms with Crippen molar-refractivity contribution >= 4 is 5.71 Å². The molecule has 1 aromatic rings. The second kappa shape index (κ2) is 7.35. The highest BCUT2D eigenvalue weighted by Crippen LogP contribution is 2.53. The summed E-state index contributed by atoms with van der Waals surface area (Å²) in [7, 11) is 0. The first kappa shape index (κ1) is 20.6. The van der Waals surface area contributed by atoms with Crippen LogP contribution in [-0.2, 0) is 6.18 Å². The Bertz CT molecular complexity index is 958. The number of hydrogen-bond acceptors (Lipinski definition) is 5. The van der Waals surface area contributed by atoms with Crippen molar-refractivity contribution in [3.05, 3.63) is 47.0 Å². The van der Waals surface area contributed by atoms with Crippen molar-refractivity contribution in [3.8, 4) is 18.2 Å². The van der Waals surface area contributed by atoms with Crippen LogP contribution in [0, 0.1) is 56.7 Å². The molecule has 8 heteroatoms. The number of nitriles is 3. The zero-order valence-electron chi connectivity index (χ0n) is 15.7. The zero-order chi connectivity index (χ0) is 21.4. The van der Waals surface area contributed by atoms with E-state index in [2.05, 4.69) is 4.90 Å². The topological polar surface area (TPSA) is 98.5 Å². The largest absolute Gasteiger partial charge is 0.416 e. The molecule has 1 fully saturated rings. The average Bonchev–Trinajstić information content (AvgIpc) is 2.72. The molecule has 0 amide bonds. The lowest BCUT2D eigenvalue weighted by atomic mass is 9.54. The van der Waals surface area contributed by atoms with E-state index < -0.39 is 34.9 Å². The van der Waals surface area contributed by atoms with Gasteiger partial charge in [0.2, 0.25) is 0 Å². The van der Waals surface area contributed by atoms with Gasteiger partial charge in [0.05, 0.1) is 29.5 Å². The number of hydrogen-bond donors (Lipinski definition) is 1. The fourth-order valence-electron chi connectivity index (χ4n) is 4.38. The highest BCUT2D eigenvalue weighted by Gasteiger charge is 2.57. The molecule has 1 aromatic carbocycles. The van der Waals surface area contributed by atoms with Crippen molar-refractivity contribution in [2.75, 3.05) is 19.6 Å². The number of fused-ring (bicyclic) bond motifs is 1. The SMILES string of the molecule is CCN1CC=C2C(C#N)C(=N)C(C#N)(C#N)[C@@H](c3ccc(C(F)(F)F)cc3)[C@@H]2C1. The summed E-state index contributed by atoms with van der Waals surface area (Å²) in [6.07, 6.45) is -2.64. The maximum Gasteiger partial charge on any atom is 0.416 e. The van der Waals surface area contributed by atoms with Crippen LogP contribution < -0.4 is 0 Å². The Labute approximate surface area is 166 Å². The van der Waals surface area contributed by atoms with Crippen molar-refractivity contribution in [1.82, 2.24) is 4.90 Å². The molecule has 148 valence electrons. The van der Waals surface area contributed by atoms with E-state index in [0.717, 1.165) is 12.1 Å². The molecule has 1 aliphatic heterocycles. The Morgan fingerprint density at radius 3 is 2.28 bits per heavy atom. The Morgan fingerprint density at radius 1 is 1.17 bits per heavy atom. The Balaban J connectivity index is 2.20. The van der Waals surface area contributed by atoms with Crippen LogP contribution in [0.3, 0.4) is 0 Å². The molecule has 0 spiro atoms. The minimum Gasteiger partial charge on any atom is -0.305 e. The molecular formula is C21H18F3N5. The third kappa shape index (κ3) is 3.18. The van der Waals surface area contributed by atoms with E-state index in [-0.39, 0.29) is 5.71 Å². The minimum atomic E-state index is -4.50. The summed E-state index contributed by atoms with van der Waals surface area (Å²) in [5, 5.41) is 38.0. The summed E-state index contributed by atoms with van der Waals surface area (Å²) >= 11 is 0. The van der Waals surface area contributed by atoms with Gasteiger partial charge in [-0.2, -0.15) is 29.0 Å². The molecule has 3 rings (SSSR count). The van der Waals surface area contributed by atoms with Gasteiger partial charge in [0, 0.05) is 24.9 Å². The van der Waals surface area contributed by atoms with E-state index in [4.69, 9.17) is 5.41 Å². The van der Waals surface area contributed by atoms with Crippen molar-refractivity contribution < 1.29 is 13.2 Å². The van der Waals surface area contributed by atoms with E-state index in [0.29, 0.717) is 30.8 Å². The molecule has 1 heterocycles. The molecule has 1 aliphatic carbocycles. The monoisotopic (exact) mass is 397 g/mol. The number of halogens is 3. The van der Waals surface area contributed by atoms with Crippen molar-refractivity contribution in [3.63, 3.8) is 0 Å². The fraction of sp³-hybridized carbons (Fsp3) is 0.429. The van der Waals surface area contributed by atoms with Gasteiger partial charge in [-0.25, -0.2) is 0 Å². The Hall–Kier alpha value is -3.15. The van der Waals surface area contributed by atoms with Gasteiger partial charge in [0.1, 0.15) is 5.92 Å². The lowest BCUT2D eigenvalue weighted by Crippen LogP contribution is -2.52. The summed E-state index contributed by atoms with van der Waals surface area (Å²) in [6.45, 7) is 3.71. The van der Waals surface area contributed by atoms with Gasteiger partial charge in [-0.3, -0.25) is 4.90 Å². The molecule has 0 bridgehead atoms. The van der Waals surface area contributed by atoms with Crippen LogP contribution >= 0.6 is 0 Å². The van der Waals surface area contributed by atoms with Crippen LogP contribution in [0.1, 0.15) is 24.0 Å². The lowest BCUT2D eigenvalue weighted by Gasteiger charge is -2.47. The normalized spacial score (nSPS) is 26.4. The van der Waals surface area contributed by atoms with Crippen LogP contribution in [0.2, 0.25) is 0 Å². The maximum atomic E-state index is 13.0. The molecule has 0 saturated heterocycles. The fourth-order valence-corrected chi connectivity index (χ4v) is 4.38. The summed E-state index contributed by atoms with van der Waals surface area (Å²) in [5.41, 5.74) is -1.98. The van der Waals surface area contributed by atoms with Gasteiger partial charge in [-0.1, -0.05) is 25.1 Å². The number of likely N-dealkylation sites (N-methyl/N-ethyl adjacent to an activating group) is 1. The minimum absolute atomic E-state index is 0.303. The van der Waals surface area contributed by atoms with E-state index in [1.165, 1.54) is 12.1 Å². The number of rotatable bonds is 2. The molecule has 3 atom stereocenters. The van der Waals surface area contributed by atoms with Crippen molar-refractivity contribution in [2.24, 2.45) is 17.3 Å². The third-order valence-corrected chi connectivity index (χ3v) is 5.91. The molecule has 5 nitrogen and oxygen atoms in total. The van der Waals surface area contributed by atoms with E-state index >= 15 is 0 Å². The molecular weight excluding hydrogens is 379 g/mol. The average molecular weight is 397 g/mol. The van der Waals surface area contributed by atoms with Gasteiger partial charge >= 0.3 is 6.18 Å². The molecule has 0 radical (unpaired) electrons. The second-order valence-corrected chi connectivity index (χ2v) is 7.27. The Morgan fingerprint density at radius 2 is 1.79 bits per heavy atom. The van der Waals surface area contributed by atoms with Gasteiger partial charge in [-0.05, 0) is 29.8 Å². The van der Waals surface area contributed by atoms with Gasteiger partial charge in [-0.15, -0.1) is 0 Å². The summed E-state index contributed by atoms with van der Waals surface area (Å²) in [5.74, 6) is -2.24. The first-order valence-corrected chi connectivity index (χ1v) is 9.14. The van der Waals surface area contributed by atoms with Crippen LogP contribution in [0.5, 0.6) is 0 Å². The predicted octanol–water partition coefficient (Wildman–Crippen LogP) is 3.87. The van der Waals surface area contributed by atoms with Gasteiger partial charge in [0.15, 0.2) is 5.41 Å². The standard InChI is InChI=1S/C21H18F3N5/c1-2-29-8-7-15-16(9-25)19(28)20(11-26,12-27)18(17(15)10-29)13-3-5-14(6-4-13)21(22,23)24/h3-7,16-18,28H,2,8,10H2,1H3/t16?,17-,18+/m1/s1. The quantitative estimate of drug-likeness (QED) is 0.766.